The Balaban J connectivity index is 1.61. The number of ether oxygens (including phenoxy) is 2. The molecule has 1 saturated heterocycles. The van der Waals surface area contributed by atoms with Crippen molar-refractivity contribution in [1.29, 1.82) is 0 Å². The minimum atomic E-state index is 0.00192. The summed E-state index contributed by atoms with van der Waals surface area (Å²) < 4.78 is 12.0. The molecule has 0 aromatic heterocycles. The quantitative estimate of drug-likeness (QED) is 0.486. The van der Waals surface area contributed by atoms with Crippen LogP contribution < -0.4 is 10.1 Å². The van der Waals surface area contributed by atoms with E-state index in [0.29, 0.717) is 0 Å². The Bertz CT molecular complexity index is 990. The monoisotopic (exact) mass is 427 g/mol. The lowest BCUT2D eigenvalue weighted by Gasteiger charge is -2.29. The predicted molar refractivity (Wildman–Crippen MR) is 132 cm³/mol. The number of allylic oxidation sites excluding steroid dienone is 1. The van der Waals surface area contributed by atoms with Crippen molar-refractivity contribution < 1.29 is 9.47 Å². The first-order valence-corrected chi connectivity index (χ1v) is 11.7. The van der Waals surface area contributed by atoms with Gasteiger partial charge in [-0.25, -0.2) is 0 Å². The second-order valence-corrected chi connectivity index (χ2v) is 8.32. The van der Waals surface area contributed by atoms with Gasteiger partial charge < -0.3 is 14.8 Å². The highest BCUT2D eigenvalue weighted by Crippen LogP contribution is 2.31. The molecule has 3 aromatic carbocycles. The average Bonchev–Trinajstić information content (AvgIpc) is 2.86. The molecule has 0 amide bonds. The van der Waals surface area contributed by atoms with Gasteiger partial charge in [-0.3, -0.25) is 0 Å². The summed E-state index contributed by atoms with van der Waals surface area (Å²) in [6, 6.07) is 30.0. The molecule has 3 nitrogen and oxygen atoms in total. The molecule has 166 valence electrons. The maximum Gasteiger partial charge on any atom is 0.123 e. The van der Waals surface area contributed by atoms with Crippen molar-refractivity contribution >= 4 is 5.57 Å². The first kappa shape index (κ1) is 22.3. The van der Waals surface area contributed by atoms with Crippen molar-refractivity contribution in [2.75, 3.05) is 19.7 Å². The lowest BCUT2D eigenvalue weighted by Crippen LogP contribution is -2.46. The normalized spacial score (nSPS) is 18.0. The summed E-state index contributed by atoms with van der Waals surface area (Å²) in [4.78, 5) is 0. The zero-order valence-electron chi connectivity index (χ0n) is 19.1. The van der Waals surface area contributed by atoms with Crippen molar-refractivity contribution in [2.24, 2.45) is 0 Å². The minimum absolute atomic E-state index is 0.00192. The molecular weight excluding hydrogens is 394 g/mol. The minimum Gasteiger partial charge on any atom is -0.488 e. The lowest BCUT2D eigenvalue weighted by molar-refractivity contribution is -0.0350. The third-order valence-corrected chi connectivity index (χ3v) is 6.05. The standard InChI is InChI=1S/C29H33NO2/c1-3-24(20-23-10-6-4-7-11-23)29(25-12-8-5-9-13-25)26-14-16-27(17-15-26)32-22(2)28-21-30-18-19-31-28/h4-17,22,28,30H,3,18-21H2,1-2H3. The topological polar surface area (TPSA) is 30.5 Å². The van der Waals surface area contributed by atoms with E-state index in [4.69, 9.17) is 9.47 Å². The number of rotatable bonds is 8. The van der Waals surface area contributed by atoms with Gasteiger partial charge in [-0.15, -0.1) is 0 Å². The van der Waals surface area contributed by atoms with Crippen LogP contribution in [0.15, 0.2) is 90.5 Å². The highest BCUT2D eigenvalue weighted by atomic mass is 16.5. The molecule has 1 aliphatic heterocycles. The largest absolute Gasteiger partial charge is 0.488 e. The summed E-state index contributed by atoms with van der Waals surface area (Å²) in [5.74, 6) is 0.879. The van der Waals surface area contributed by atoms with Gasteiger partial charge in [-0.2, -0.15) is 0 Å². The lowest BCUT2D eigenvalue weighted by atomic mass is 9.88. The maximum atomic E-state index is 6.20. The summed E-state index contributed by atoms with van der Waals surface area (Å²) >= 11 is 0. The summed E-state index contributed by atoms with van der Waals surface area (Å²) in [5.41, 5.74) is 6.57. The van der Waals surface area contributed by atoms with E-state index in [1.165, 1.54) is 27.8 Å². The van der Waals surface area contributed by atoms with Gasteiger partial charge in [0.15, 0.2) is 0 Å². The van der Waals surface area contributed by atoms with Crippen LogP contribution in [0, 0.1) is 0 Å². The van der Waals surface area contributed by atoms with E-state index in [2.05, 4.69) is 104 Å². The van der Waals surface area contributed by atoms with Gasteiger partial charge in [0.2, 0.25) is 0 Å². The van der Waals surface area contributed by atoms with Crippen LogP contribution in [0.25, 0.3) is 5.57 Å². The van der Waals surface area contributed by atoms with Crippen LogP contribution in [-0.2, 0) is 11.2 Å². The smallest absolute Gasteiger partial charge is 0.123 e. The number of benzene rings is 3. The van der Waals surface area contributed by atoms with Crippen LogP contribution in [-0.4, -0.2) is 31.9 Å². The zero-order valence-corrected chi connectivity index (χ0v) is 19.1. The highest BCUT2D eigenvalue weighted by molar-refractivity contribution is 5.82. The first-order valence-electron chi connectivity index (χ1n) is 11.7. The number of morpholine rings is 1. The second-order valence-electron chi connectivity index (χ2n) is 8.32. The van der Waals surface area contributed by atoms with Crippen molar-refractivity contribution in [3.8, 4) is 5.75 Å². The number of nitrogens with one attached hydrogen (secondary N) is 1. The van der Waals surface area contributed by atoms with Crippen molar-refractivity contribution in [3.05, 3.63) is 107 Å². The molecule has 3 aromatic rings. The van der Waals surface area contributed by atoms with E-state index in [1.54, 1.807) is 0 Å². The van der Waals surface area contributed by atoms with E-state index in [9.17, 15) is 0 Å². The maximum absolute atomic E-state index is 6.20. The summed E-state index contributed by atoms with van der Waals surface area (Å²) in [6.45, 7) is 6.81. The Kier molecular flexibility index (Phi) is 7.76. The predicted octanol–water partition coefficient (Wildman–Crippen LogP) is 5.90. The third kappa shape index (κ3) is 5.67. The fourth-order valence-electron chi connectivity index (χ4n) is 4.29. The molecule has 4 rings (SSSR count). The van der Waals surface area contributed by atoms with Gasteiger partial charge in [-0.1, -0.05) is 85.3 Å². The van der Waals surface area contributed by atoms with Crippen LogP contribution in [0.1, 0.15) is 37.0 Å². The van der Waals surface area contributed by atoms with Crippen LogP contribution in [0.3, 0.4) is 0 Å². The van der Waals surface area contributed by atoms with E-state index in [-0.39, 0.29) is 12.2 Å². The zero-order chi connectivity index (χ0) is 22.2. The van der Waals surface area contributed by atoms with Gasteiger partial charge in [-0.05, 0) is 54.2 Å². The Morgan fingerprint density at radius 3 is 2.22 bits per heavy atom. The van der Waals surface area contributed by atoms with Crippen LogP contribution in [0.2, 0.25) is 0 Å². The van der Waals surface area contributed by atoms with Crippen molar-refractivity contribution in [2.45, 2.75) is 38.9 Å². The molecule has 1 fully saturated rings. The summed E-state index contributed by atoms with van der Waals surface area (Å²) in [7, 11) is 0. The van der Waals surface area contributed by atoms with Gasteiger partial charge in [0.05, 0.1) is 6.61 Å². The molecule has 2 atom stereocenters. The molecule has 1 N–H and O–H groups in total. The molecule has 0 aliphatic carbocycles. The van der Waals surface area contributed by atoms with E-state index >= 15 is 0 Å². The summed E-state index contributed by atoms with van der Waals surface area (Å²) in [5, 5.41) is 3.37. The van der Waals surface area contributed by atoms with Crippen molar-refractivity contribution in [3.63, 3.8) is 0 Å². The first-order chi connectivity index (χ1) is 15.7. The molecule has 2 unspecified atom stereocenters. The number of hydrogen-bond acceptors (Lipinski definition) is 3. The molecule has 1 heterocycles. The molecule has 3 heteroatoms. The average molecular weight is 428 g/mol. The Morgan fingerprint density at radius 2 is 1.59 bits per heavy atom. The van der Waals surface area contributed by atoms with Gasteiger partial charge in [0, 0.05) is 13.1 Å². The van der Waals surface area contributed by atoms with Crippen LogP contribution >= 0.6 is 0 Å². The SMILES string of the molecule is CCC(Cc1ccccc1)=C(c1ccccc1)c1ccc(OC(C)C2CNCCO2)cc1. The van der Waals surface area contributed by atoms with E-state index < -0.39 is 0 Å². The van der Waals surface area contributed by atoms with E-state index in [0.717, 1.165) is 38.3 Å². The molecule has 1 aliphatic rings. The fourth-order valence-corrected chi connectivity index (χ4v) is 4.29. The van der Waals surface area contributed by atoms with Gasteiger partial charge in [0.25, 0.3) is 0 Å². The van der Waals surface area contributed by atoms with Crippen LogP contribution in [0.4, 0.5) is 0 Å². The Morgan fingerprint density at radius 1 is 0.938 bits per heavy atom. The highest BCUT2D eigenvalue weighted by Gasteiger charge is 2.22. The molecular formula is C29H33NO2. The summed E-state index contributed by atoms with van der Waals surface area (Å²) in [6.07, 6.45) is 2.03. The molecule has 0 radical (unpaired) electrons. The Labute approximate surface area is 192 Å². The van der Waals surface area contributed by atoms with Gasteiger partial charge in [0.1, 0.15) is 18.0 Å². The molecule has 0 bridgehead atoms. The molecule has 0 spiro atoms. The second kappa shape index (κ2) is 11.1. The van der Waals surface area contributed by atoms with E-state index in [1.807, 2.05) is 0 Å². The fraction of sp³-hybridized carbons (Fsp3) is 0.310. The Hall–Kier alpha value is -2.88. The number of hydrogen-bond donors (Lipinski definition) is 1. The van der Waals surface area contributed by atoms with Gasteiger partial charge >= 0.3 is 0 Å². The third-order valence-electron chi connectivity index (χ3n) is 6.05. The molecule has 32 heavy (non-hydrogen) atoms. The van der Waals surface area contributed by atoms with Crippen LogP contribution in [0.5, 0.6) is 5.75 Å². The molecule has 0 saturated carbocycles. The van der Waals surface area contributed by atoms with Crippen molar-refractivity contribution in [1.82, 2.24) is 5.32 Å².